The van der Waals surface area contributed by atoms with Crippen molar-refractivity contribution in [3.63, 3.8) is 0 Å². The van der Waals surface area contributed by atoms with Crippen LogP contribution in [0.4, 0.5) is 0 Å². The second-order valence-electron chi connectivity index (χ2n) is 6.49. The Kier molecular flexibility index (Phi) is 3.84. The molecule has 124 valence electrons. The first-order valence-corrected chi connectivity index (χ1v) is 9.49. The molecule has 2 aromatic carbocycles. The molecular weight excluding hydrogens is 322 g/mol. The highest BCUT2D eigenvalue weighted by molar-refractivity contribution is 7.90. The number of nitrogens with zero attached hydrogens (tertiary/aromatic N) is 1. The lowest BCUT2D eigenvalue weighted by Gasteiger charge is -2.42. The van der Waals surface area contributed by atoms with Crippen molar-refractivity contribution in [3.8, 4) is 0 Å². The zero-order chi connectivity index (χ0) is 17.5. The molecule has 2 aromatic rings. The monoisotopic (exact) mass is 341 g/mol. The van der Waals surface area contributed by atoms with E-state index in [1.807, 2.05) is 56.3 Å². The molecule has 0 amide bonds. The van der Waals surface area contributed by atoms with E-state index < -0.39 is 15.3 Å². The Morgan fingerprint density at radius 3 is 2.00 bits per heavy atom. The van der Waals surface area contributed by atoms with E-state index in [0.29, 0.717) is 10.6 Å². The van der Waals surface area contributed by atoms with E-state index in [2.05, 4.69) is 5.16 Å². The fourth-order valence-electron chi connectivity index (χ4n) is 3.23. The molecule has 0 bridgehead atoms. The van der Waals surface area contributed by atoms with Crippen LogP contribution < -0.4 is 0 Å². The topological polar surface area (TPSA) is 66.7 Å². The first-order valence-electron chi connectivity index (χ1n) is 7.60. The van der Waals surface area contributed by atoms with Crippen LogP contribution in [0.2, 0.25) is 0 Å². The van der Waals surface area contributed by atoms with Gasteiger partial charge in [-0.1, -0.05) is 47.6 Å². The van der Waals surface area contributed by atoms with E-state index in [4.69, 9.17) is 0 Å². The lowest BCUT2D eigenvalue weighted by Crippen LogP contribution is -2.37. The summed E-state index contributed by atoms with van der Waals surface area (Å²) in [5.74, 6) is 0. The average Bonchev–Trinajstić information content (AvgIpc) is 2.53. The largest absolute Gasteiger partial charge is 0.411 e. The zero-order valence-corrected chi connectivity index (χ0v) is 14.6. The van der Waals surface area contributed by atoms with Gasteiger partial charge in [0.05, 0.1) is 10.6 Å². The zero-order valence-electron chi connectivity index (χ0n) is 13.8. The fraction of sp³-hybridized carbons (Fsp3) is 0.211. The number of hydrogen-bond donors (Lipinski definition) is 1. The Hall–Kier alpha value is -2.40. The van der Waals surface area contributed by atoms with Gasteiger partial charge in [-0.15, -0.1) is 0 Å². The summed E-state index contributed by atoms with van der Waals surface area (Å²) in [7, 11) is -3.22. The van der Waals surface area contributed by atoms with Crippen LogP contribution in [0.1, 0.15) is 25.0 Å². The van der Waals surface area contributed by atoms with Gasteiger partial charge in [-0.25, -0.2) is 8.42 Å². The van der Waals surface area contributed by atoms with E-state index in [-0.39, 0.29) is 0 Å². The van der Waals surface area contributed by atoms with Crippen LogP contribution in [0.5, 0.6) is 0 Å². The van der Waals surface area contributed by atoms with E-state index in [1.165, 1.54) is 6.26 Å². The highest BCUT2D eigenvalue weighted by Gasteiger charge is 2.45. The third-order valence-electron chi connectivity index (χ3n) is 4.44. The minimum atomic E-state index is -3.22. The molecule has 0 saturated carbocycles. The summed E-state index contributed by atoms with van der Waals surface area (Å²) in [5, 5.41) is 12.9. The van der Waals surface area contributed by atoms with Gasteiger partial charge in [0, 0.05) is 17.2 Å². The molecule has 0 unspecified atom stereocenters. The maximum atomic E-state index is 11.6. The SMILES string of the molecule is CC1(C)C(c2ccc(S(C)(=O)=O)cc2)=C(c2ccccc2)/C1=N/O. The molecule has 0 aliphatic heterocycles. The van der Waals surface area contributed by atoms with E-state index in [1.54, 1.807) is 12.1 Å². The molecule has 3 rings (SSSR count). The summed E-state index contributed by atoms with van der Waals surface area (Å²) in [6, 6.07) is 16.6. The van der Waals surface area contributed by atoms with Crippen LogP contribution in [-0.2, 0) is 9.84 Å². The molecule has 0 aromatic heterocycles. The predicted molar refractivity (Wildman–Crippen MR) is 95.8 cm³/mol. The Balaban J connectivity index is 2.19. The van der Waals surface area contributed by atoms with E-state index in [9.17, 15) is 13.6 Å². The molecule has 0 fully saturated rings. The summed E-state index contributed by atoms with van der Waals surface area (Å²) in [4.78, 5) is 0.293. The minimum absolute atomic E-state index is 0.293. The molecule has 24 heavy (non-hydrogen) atoms. The van der Waals surface area contributed by atoms with Gasteiger partial charge in [-0.2, -0.15) is 0 Å². The molecular formula is C19H19NO3S. The normalized spacial score (nSPS) is 18.5. The fourth-order valence-corrected chi connectivity index (χ4v) is 3.86. The van der Waals surface area contributed by atoms with Crippen LogP contribution in [0, 0.1) is 5.41 Å². The van der Waals surface area contributed by atoms with Crippen molar-refractivity contribution in [2.45, 2.75) is 18.7 Å². The van der Waals surface area contributed by atoms with Gasteiger partial charge in [0.2, 0.25) is 0 Å². The summed E-state index contributed by atoms with van der Waals surface area (Å²) in [5.41, 5.74) is 4.07. The van der Waals surface area contributed by atoms with Crippen LogP contribution in [0.15, 0.2) is 64.6 Å². The molecule has 0 saturated heterocycles. The molecule has 1 aliphatic carbocycles. The van der Waals surface area contributed by atoms with Crippen molar-refractivity contribution >= 4 is 26.7 Å². The number of rotatable bonds is 3. The minimum Gasteiger partial charge on any atom is -0.411 e. The van der Waals surface area contributed by atoms with Gasteiger partial charge in [0.15, 0.2) is 9.84 Å². The first kappa shape index (κ1) is 16.5. The maximum absolute atomic E-state index is 11.6. The second kappa shape index (κ2) is 5.60. The van der Waals surface area contributed by atoms with Gasteiger partial charge >= 0.3 is 0 Å². The summed E-state index contributed by atoms with van der Waals surface area (Å²) in [6.07, 6.45) is 1.19. The molecule has 0 heterocycles. The standard InChI is InChI=1S/C19H19NO3S/c1-19(2)17(14-9-11-15(12-10-14)24(3,22)23)16(18(19)20-21)13-7-5-4-6-8-13/h4-12,21H,1-3H3/b20-18-. The second-order valence-corrected chi connectivity index (χ2v) is 8.50. The highest BCUT2D eigenvalue weighted by Crippen LogP contribution is 2.53. The highest BCUT2D eigenvalue weighted by atomic mass is 32.2. The third-order valence-corrected chi connectivity index (χ3v) is 5.57. The summed E-state index contributed by atoms with van der Waals surface area (Å²) < 4.78 is 23.3. The van der Waals surface area contributed by atoms with Crippen LogP contribution in [0.25, 0.3) is 11.1 Å². The van der Waals surface area contributed by atoms with Crippen LogP contribution >= 0.6 is 0 Å². The van der Waals surface area contributed by atoms with Crippen molar-refractivity contribution in [2.75, 3.05) is 6.26 Å². The predicted octanol–water partition coefficient (Wildman–Crippen LogP) is 3.87. The number of allylic oxidation sites excluding steroid dienone is 2. The number of oxime groups is 1. The van der Waals surface area contributed by atoms with Gasteiger partial charge in [-0.3, -0.25) is 0 Å². The molecule has 1 aliphatic rings. The molecule has 0 atom stereocenters. The maximum Gasteiger partial charge on any atom is 0.175 e. The molecule has 1 N–H and O–H groups in total. The first-order chi connectivity index (χ1) is 11.3. The number of hydrogen-bond acceptors (Lipinski definition) is 4. The van der Waals surface area contributed by atoms with E-state index in [0.717, 1.165) is 22.3 Å². The van der Waals surface area contributed by atoms with Crippen LogP contribution in [0.3, 0.4) is 0 Å². The Bertz CT molecular complexity index is 938. The Morgan fingerprint density at radius 2 is 1.50 bits per heavy atom. The van der Waals surface area contributed by atoms with Crippen molar-refractivity contribution in [1.82, 2.24) is 0 Å². The van der Waals surface area contributed by atoms with Crippen molar-refractivity contribution < 1.29 is 13.6 Å². The van der Waals surface area contributed by atoms with Gasteiger partial charge < -0.3 is 5.21 Å². The molecule has 5 heteroatoms. The number of sulfone groups is 1. The van der Waals surface area contributed by atoms with Crippen molar-refractivity contribution in [2.24, 2.45) is 10.6 Å². The molecule has 0 radical (unpaired) electrons. The number of benzene rings is 2. The van der Waals surface area contributed by atoms with Gasteiger partial charge in [0.25, 0.3) is 0 Å². The summed E-state index contributed by atoms with van der Waals surface area (Å²) >= 11 is 0. The quantitative estimate of drug-likeness (QED) is 0.681. The summed E-state index contributed by atoms with van der Waals surface area (Å²) in [6.45, 7) is 3.99. The van der Waals surface area contributed by atoms with Crippen molar-refractivity contribution in [3.05, 3.63) is 65.7 Å². The van der Waals surface area contributed by atoms with Crippen LogP contribution in [-0.4, -0.2) is 25.6 Å². The smallest absolute Gasteiger partial charge is 0.175 e. The Labute approximate surface area is 142 Å². The molecule has 0 spiro atoms. The van der Waals surface area contributed by atoms with E-state index >= 15 is 0 Å². The Morgan fingerprint density at radius 1 is 0.917 bits per heavy atom. The lowest BCUT2D eigenvalue weighted by molar-refractivity contribution is 0.313. The van der Waals surface area contributed by atoms with Crippen molar-refractivity contribution in [1.29, 1.82) is 0 Å². The van der Waals surface area contributed by atoms with Gasteiger partial charge in [0.1, 0.15) is 0 Å². The molecule has 4 nitrogen and oxygen atoms in total. The average molecular weight is 341 g/mol. The lowest BCUT2D eigenvalue weighted by atomic mass is 9.60. The third kappa shape index (κ3) is 2.55. The van der Waals surface area contributed by atoms with Gasteiger partial charge in [-0.05, 0) is 42.7 Å².